The number of nitrogens with zero attached hydrogens (tertiary/aromatic N) is 1. The van der Waals surface area contributed by atoms with Crippen molar-refractivity contribution < 1.29 is 4.39 Å². The van der Waals surface area contributed by atoms with E-state index in [2.05, 4.69) is 27.8 Å². The number of aliphatic imine (C=N–C) groups is 1. The first-order chi connectivity index (χ1) is 10.7. The molecule has 2 N–H and O–H groups in total. The normalized spacial score (nSPS) is 10.8. The third-order valence-corrected chi connectivity index (χ3v) is 3.29. The lowest BCUT2D eigenvalue weighted by molar-refractivity contribution is 0.617. The van der Waals surface area contributed by atoms with Crippen LogP contribution in [0.2, 0.25) is 0 Å². The van der Waals surface area contributed by atoms with Gasteiger partial charge in [-0.3, -0.25) is 0 Å². The maximum absolute atomic E-state index is 13.3. The van der Waals surface area contributed by atoms with Gasteiger partial charge in [-0.1, -0.05) is 42.5 Å². The molecule has 0 saturated carbocycles. The van der Waals surface area contributed by atoms with E-state index in [1.807, 2.05) is 31.2 Å². The van der Waals surface area contributed by atoms with Crippen molar-refractivity contribution in [3.05, 3.63) is 71.0 Å². The quantitative estimate of drug-likeness (QED) is 0.430. The van der Waals surface area contributed by atoms with Gasteiger partial charge >= 0.3 is 0 Å². The van der Waals surface area contributed by atoms with Gasteiger partial charge in [0.05, 0.1) is 6.54 Å². The zero-order valence-electron chi connectivity index (χ0n) is 13.5. The van der Waals surface area contributed by atoms with Gasteiger partial charge in [0.25, 0.3) is 0 Å². The third kappa shape index (κ3) is 6.56. The van der Waals surface area contributed by atoms with Gasteiger partial charge in [0.15, 0.2) is 5.96 Å². The van der Waals surface area contributed by atoms with E-state index in [1.54, 1.807) is 13.0 Å². The number of halogens is 2. The molecule has 0 atom stereocenters. The minimum atomic E-state index is -0.179. The van der Waals surface area contributed by atoms with Crippen molar-refractivity contribution in [2.75, 3.05) is 6.54 Å². The molecule has 0 aliphatic rings. The topological polar surface area (TPSA) is 36.4 Å². The van der Waals surface area contributed by atoms with Crippen LogP contribution in [0.15, 0.2) is 53.5 Å². The van der Waals surface area contributed by atoms with E-state index >= 15 is 0 Å². The molecule has 2 rings (SSSR count). The molecule has 2 aromatic rings. The highest BCUT2D eigenvalue weighted by Gasteiger charge is 2.01. The predicted molar refractivity (Wildman–Crippen MR) is 105 cm³/mol. The summed E-state index contributed by atoms with van der Waals surface area (Å²) < 4.78 is 13.3. The van der Waals surface area contributed by atoms with Gasteiger partial charge in [-0.2, -0.15) is 0 Å². The number of hydrogen-bond acceptors (Lipinski definition) is 1. The fraction of sp³-hybridized carbons (Fsp3) is 0.278. The molecule has 5 heteroatoms. The lowest BCUT2D eigenvalue weighted by atomic mass is 10.1. The van der Waals surface area contributed by atoms with Gasteiger partial charge in [0, 0.05) is 13.1 Å². The number of aryl methyl sites for hydroxylation is 1. The van der Waals surface area contributed by atoms with Crippen molar-refractivity contribution >= 4 is 29.9 Å². The molecule has 23 heavy (non-hydrogen) atoms. The number of rotatable bonds is 5. The van der Waals surface area contributed by atoms with E-state index in [4.69, 9.17) is 0 Å². The maximum Gasteiger partial charge on any atom is 0.191 e. The molecule has 0 bridgehead atoms. The summed E-state index contributed by atoms with van der Waals surface area (Å²) in [5.74, 6) is 0.579. The Kier molecular flexibility index (Phi) is 8.61. The summed E-state index contributed by atoms with van der Waals surface area (Å²) in [5.41, 5.74) is 2.84. The van der Waals surface area contributed by atoms with Gasteiger partial charge in [-0.05, 0) is 36.6 Å². The number of guanidine groups is 1. The monoisotopic (exact) mass is 427 g/mol. The van der Waals surface area contributed by atoms with Crippen molar-refractivity contribution in [2.45, 2.75) is 26.9 Å². The summed E-state index contributed by atoms with van der Waals surface area (Å²) >= 11 is 0. The van der Waals surface area contributed by atoms with Crippen LogP contribution in [0.1, 0.15) is 23.6 Å². The lowest BCUT2D eigenvalue weighted by Crippen LogP contribution is -2.36. The molecule has 0 aliphatic carbocycles. The molecule has 0 unspecified atom stereocenters. The highest BCUT2D eigenvalue weighted by atomic mass is 127. The summed E-state index contributed by atoms with van der Waals surface area (Å²) in [6.07, 6.45) is 0. The van der Waals surface area contributed by atoms with Crippen molar-refractivity contribution in [3.63, 3.8) is 0 Å². The van der Waals surface area contributed by atoms with Crippen molar-refractivity contribution in [2.24, 2.45) is 4.99 Å². The second-order valence-corrected chi connectivity index (χ2v) is 5.12. The third-order valence-electron chi connectivity index (χ3n) is 3.29. The van der Waals surface area contributed by atoms with Crippen LogP contribution < -0.4 is 10.6 Å². The molecular weight excluding hydrogens is 404 g/mol. The summed E-state index contributed by atoms with van der Waals surface area (Å²) in [6, 6.07) is 15.3. The van der Waals surface area contributed by atoms with E-state index < -0.39 is 0 Å². The first-order valence-electron chi connectivity index (χ1n) is 7.50. The molecule has 0 saturated heterocycles. The van der Waals surface area contributed by atoms with Crippen molar-refractivity contribution in [1.29, 1.82) is 0 Å². The van der Waals surface area contributed by atoms with Crippen LogP contribution in [0.3, 0.4) is 0 Å². The molecule has 0 amide bonds. The lowest BCUT2D eigenvalue weighted by Gasteiger charge is -2.11. The van der Waals surface area contributed by atoms with Crippen molar-refractivity contribution in [1.82, 2.24) is 10.6 Å². The standard InChI is InChI=1S/C18H22FN3.HI/c1-3-20-18(21-12-15-7-5-4-6-8-15)22-13-16-9-10-17(19)14(2)11-16;/h4-11H,3,12-13H2,1-2H3,(H2,20,21,22);1H. The van der Waals surface area contributed by atoms with Crippen LogP contribution in [-0.4, -0.2) is 12.5 Å². The minimum Gasteiger partial charge on any atom is -0.357 e. The Hall–Kier alpha value is -1.63. The van der Waals surface area contributed by atoms with Gasteiger partial charge in [0.1, 0.15) is 5.82 Å². The second-order valence-electron chi connectivity index (χ2n) is 5.12. The van der Waals surface area contributed by atoms with E-state index in [0.29, 0.717) is 12.1 Å². The summed E-state index contributed by atoms with van der Waals surface area (Å²) in [4.78, 5) is 4.54. The molecule has 0 spiro atoms. The number of nitrogens with one attached hydrogen (secondary N) is 2. The first-order valence-corrected chi connectivity index (χ1v) is 7.50. The summed E-state index contributed by atoms with van der Waals surface area (Å²) in [5, 5.41) is 6.51. The van der Waals surface area contributed by atoms with Gasteiger partial charge in [-0.25, -0.2) is 9.38 Å². The zero-order chi connectivity index (χ0) is 15.8. The SMILES string of the molecule is CCNC(=NCc1ccc(F)c(C)c1)NCc1ccccc1.I. The van der Waals surface area contributed by atoms with E-state index in [1.165, 1.54) is 11.6 Å². The molecule has 0 aliphatic heterocycles. The van der Waals surface area contributed by atoms with Gasteiger partial charge in [-0.15, -0.1) is 24.0 Å². The van der Waals surface area contributed by atoms with Crippen LogP contribution in [-0.2, 0) is 13.1 Å². The van der Waals surface area contributed by atoms with E-state index in [-0.39, 0.29) is 29.8 Å². The highest BCUT2D eigenvalue weighted by Crippen LogP contribution is 2.10. The molecule has 0 heterocycles. The van der Waals surface area contributed by atoms with Crippen LogP contribution in [0.4, 0.5) is 4.39 Å². The Morgan fingerprint density at radius 3 is 2.43 bits per heavy atom. The largest absolute Gasteiger partial charge is 0.357 e. The highest BCUT2D eigenvalue weighted by molar-refractivity contribution is 14.0. The average molecular weight is 427 g/mol. The minimum absolute atomic E-state index is 0. The van der Waals surface area contributed by atoms with Crippen LogP contribution >= 0.6 is 24.0 Å². The Bertz CT molecular complexity index is 629. The zero-order valence-corrected chi connectivity index (χ0v) is 15.8. The van der Waals surface area contributed by atoms with Gasteiger partial charge in [0.2, 0.25) is 0 Å². The number of hydrogen-bond donors (Lipinski definition) is 2. The molecule has 0 fully saturated rings. The Balaban J connectivity index is 0.00000264. The molecular formula is C18H23FIN3. The molecule has 0 aromatic heterocycles. The maximum atomic E-state index is 13.3. The van der Waals surface area contributed by atoms with E-state index in [0.717, 1.165) is 24.6 Å². The van der Waals surface area contributed by atoms with Crippen LogP contribution in [0.5, 0.6) is 0 Å². The molecule has 0 radical (unpaired) electrons. The van der Waals surface area contributed by atoms with Crippen molar-refractivity contribution in [3.8, 4) is 0 Å². The predicted octanol–water partition coefficient (Wildman–Crippen LogP) is 4.01. The first kappa shape index (κ1) is 19.4. The van der Waals surface area contributed by atoms with Gasteiger partial charge < -0.3 is 10.6 Å². The second kappa shape index (κ2) is 10.2. The fourth-order valence-corrected chi connectivity index (χ4v) is 2.10. The smallest absolute Gasteiger partial charge is 0.191 e. The van der Waals surface area contributed by atoms with E-state index in [9.17, 15) is 4.39 Å². The Morgan fingerprint density at radius 2 is 1.78 bits per heavy atom. The Morgan fingerprint density at radius 1 is 1.04 bits per heavy atom. The number of benzene rings is 2. The summed E-state index contributed by atoms with van der Waals surface area (Å²) in [6.45, 7) is 5.83. The molecule has 2 aromatic carbocycles. The summed E-state index contributed by atoms with van der Waals surface area (Å²) in [7, 11) is 0. The average Bonchev–Trinajstić information content (AvgIpc) is 2.54. The fourth-order valence-electron chi connectivity index (χ4n) is 2.10. The Labute approximate surface area is 154 Å². The molecule has 3 nitrogen and oxygen atoms in total. The van der Waals surface area contributed by atoms with Crippen LogP contribution in [0.25, 0.3) is 0 Å². The van der Waals surface area contributed by atoms with Crippen LogP contribution in [0, 0.1) is 12.7 Å². The molecule has 124 valence electrons.